The summed E-state index contributed by atoms with van der Waals surface area (Å²) < 4.78 is 0. The Morgan fingerprint density at radius 3 is 2.40 bits per heavy atom. The first kappa shape index (κ1) is 12.5. The monoisotopic (exact) mass is 212 g/mol. The molecule has 0 bridgehead atoms. The molecular formula is C12H24N2O. The van der Waals surface area contributed by atoms with E-state index in [4.69, 9.17) is 0 Å². The average Bonchev–Trinajstić information content (AvgIpc) is 2.72. The number of hydrogen-bond acceptors (Lipinski definition) is 2. The van der Waals surface area contributed by atoms with Crippen LogP contribution in [0.5, 0.6) is 0 Å². The third-order valence-corrected chi connectivity index (χ3v) is 3.26. The molecule has 1 rings (SSSR count). The molecule has 0 saturated heterocycles. The molecule has 0 aromatic heterocycles. The molecule has 2 N–H and O–H groups in total. The molecule has 3 nitrogen and oxygen atoms in total. The van der Waals surface area contributed by atoms with Crippen molar-refractivity contribution in [3.63, 3.8) is 0 Å². The van der Waals surface area contributed by atoms with Gasteiger partial charge in [-0.25, -0.2) is 0 Å². The third kappa shape index (κ3) is 4.65. The van der Waals surface area contributed by atoms with Crippen LogP contribution in [0.3, 0.4) is 0 Å². The van der Waals surface area contributed by atoms with Gasteiger partial charge in [-0.1, -0.05) is 26.7 Å². The van der Waals surface area contributed by atoms with Gasteiger partial charge in [0, 0.05) is 12.1 Å². The van der Waals surface area contributed by atoms with Crippen LogP contribution in [0.25, 0.3) is 0 Å². The molecule has 0 aromatic carbocycles. The van der Waals surface area contributed by atoms with Crippen molar-refractivity contribution in [3.8, 4) is 0 Å². The lowest BCUT2D eigenvalue weighted by molar-refractivity contribution is -0.121. The zero-order valence-electron chi connectivity index (χ0n) is 10.0. The standard InChI is InChI=1S/C12H24N2O/c1-3-10(4-2)13-9-12(15)14-11-7-5-6-8-11/h10-11,13H,3-9H2,1-2H3,(H,14,15). The molecule has 0 spiro atoms. The lowest BCUT2D eigenvalue weighted by Gasteiger charge is -2.16. The smallest absolute Gasteiger partial charge is 0.234 e. The van der Waals surface area contributed by atoms with Crippen LogP contribution < -0.4 is 10.6 Å². The summed E-state index contributed by atoms with van der Waals surface area (Å²) >= 11 is 0. The molecule has 0 unspecified atom stereocenters. The van der Waals surface area contributed by atoms with Crippen LogP contribution in [0.4, 0.5) is 0 Å². The van der Waals surface area contributed by atoms with Gasteiger partial charge in [-0.3, -0.25) is 4.79 Å². The summed E-state index contributed by atoms with van der Waals surface area (Å²) in [6.45, 7) is 4.77. The van der Waals surface area contributed by atoms with Crippen LogP contribution >= 0.6 is 0 Å². The molecule has 1 fully saturated rings. The molecule has 0 heterocycles. The number of hydrogen-bond donors (Lipinski definition) is 2. The van der Waals surface area contributed by atoms with E-state index in [1.165, 1.54) is 12.8 Å². The van der Waals surface area contributed by atoms with Crippen molar-refractivity contribution in [1.29, 1.82) is 0 Å². The molecule has 1 amide bonds. The normalized spacial score (nSPS) is 17.3. The van der Waals surface area contributed by atoms with Gasteiger partial charge in [-0.05, 0) is 25.7 Å². The highest BCUT2D eigenvalue weighted by Gasteiger charge is 2.17. The van der Waals surface area contributed by atoms with Crippen LogP contribution in [0.1, 0.15) is 52.4 Å². The van der Waals surface area contributed by atoms with E-state index in [0.717, 1.165) is 25.7 Å². The van der Waals surface area contributed by atoms with Gasteiger partial charge in [0.05, 0.1) is 6.54 Å². The predicted octanol–water partition coefficient (Wildman–Crippen LogP) is 1.82. The van der Waals surface area contributed by atoms with E-state index in [1.54, 1.807) is 0 Å². The van der Waals surface area contributed by atoms with Gasteiger partial charge in [0.25, 0.3) is 0 Å². The minimum absolute atomic E-state index is 0.161. The second-order valence-corrected chi connectivity index (χ2v) is 4.44. The van der Waals surface area contributed by atoms with Crippen LogP contribution in [-0.2, 0) is 4.79 Å². The van der Waals surface area contributed by atoms with E-state index < -0.39 is 0 Å². The Morgan fingerprint density at radius 1 is 1.27 bits per heavy atom. The third-order valence-electron chi connectivity index (χ3n) is 3.26. The van der Waals surface area contributed by atoms with Gasteiger partial charge in [0.2, 0.25) is 5.91 Å². The maximum atomic E-state index is 11.6. The topological polar surface area (TPSA) is 41.1 Å². The van der Waals surface area contributed by atoms with Crippen molar-refractivity contribution in [2.45, 2.75) is 64.5 Å². The van der Waals surface area contributed by atoms with Gasteiger partial charge in [0.1, 0.15) is 0 Å². The minimum atomic E-state index is 0.161. The number of carbonyl (C=O) groups is 1. The van der Waals surface area contributed by atoms with E-state index in [0.29, 0.717) is 18.6 Å². The molecule has 1 aliphatic carbocycles. The van der Waals surface area contributed by atoms with E-state index in [9.17, 15) is 4.79 Å². The van der Waals surface area contributed by atoms with Gasteiger partial charge in [0.15, 0.2) is 0 Å². The molecule has 0 atom stereocenters. The molecule has 3 heteroatoms. The first-order chi connectivity index (χ1) is 7.26. The fraction of sp³-hybridized carbons (Fsp3) is 0.917. The summed E-state index contributed by atoms with van der Waals surface area (Å²) in [5.74, 6) is 0.161. The maximum absolute atomic E-state index is 11.6. The SMILES string of the molecule is CCC(CC)NCC(=O)NC1CCCC1. The van der Waals surface area contributed by atoms with E-state index >= 15 is 0 Å². The van der Waals surface area contributed by atoms with E-state index in [2.05, 4.69) is 24.5 Å². The molecular weight excluding hydrogens is 188 g/mol. The highest BCUT2D eigenvalue weighted by atomic mass is 16.1. The van der Waals surface area contributed by atoms with Crippen molar-refractivity contribution in [1.82, 2.24) is 10.6 Å². The lowest BCUT2D eigenvalue weighted by atomic mass is 10.2. The van der Waals surface area contributed by atoms with Gasteiger partial charge in [-0.15, -0.1) is 0 Å². The molecule has 88 valence electrons. The van der Waals surface area contributed by atoms with Crippen molar-refractivity contribution in [3.05, 3.63) is 0 Å². The Kier molecular flexibility index (Phi) is 5.69. The van der Waals surface area contributed by atoms with Crippen molar-refractivity contribution in [2.24, 2.45) is 0 Å². The highest BCUT2D eigenvalue weighted by Crippen LogP contribution is 2.17. The van der Waals surface area contributed by atoms with E-state index in [1.807, 2.05) is 0 Å². The molecule has 0 aliphatic heterocycles. The second-order valence-electron chi connectivity index (χ2n) is 4.44. The van der Waals surface area contributed by atoms with Gasteiger partial charge in [-0.2, -0.15) is 0 Å². The second kappa shape index (κ2) is 6.83. The van der Waals surface area contributed by atoms with Crippen LogP contribution in [0.15, 0.2) is 0 Å². The van der Waals surface area contributed by atoms with Gasteiger partial charge >= 0.3 is 0 Å². The van der Waals surface area contributed by atoms with Crippen molar-refractivity contribution < 1.29 is 4.79 Å². The molecule has 1 saturated carbocycles. The first-order valence-electron chi connectivity index (χ1n) is 6.29. The Hall–Kier alpha value is -0.570. The van der Waals surface area contributed by atoms with Crippen LogP contribution in [-0.4, -0.2) is 24.5 Å². The number of rotatable bonds is 6. The fourth-order valence-electron chi connectivity index (χ4n) is 2.16. The Balaban J connectivity index is 2.12. The zero-order valence-corrected chi connectivity index (χ0v) is 10.0. The van der Waals surface area contributed by atoms with Crippen LogP contribution in [0.2, 0.25) is 0 Å². The van der Waals surface area contributed by atoms with Crippen molar-refractivity contribution in [2.75, 3.05) is 6.54 Å². The first-order valence-corrected chi connectivity index (χ1v) is 6.29. The predicted molar refractivity (Wildman–Crippen MR) is 62.8 cm³/mol. The number of carbonyl (C=O) groups excluding carboxylic acids is 1. The number of amides is 1. The summed E-state index contributed by atoms with van der Waals surface area (Å²) in [5.41, 5.74) is 0. The zero-order chi connectivity index (χ0) is 11.1. The Morgan fingerprint density at radius 2 is 1.87 bits per heavy atom. The summed E-state index contributed by atoms with van der Waals surface area (Å²) in [4.78, 5) is 11.6. The largest absolute Gasteiger partial charge is 0.352 e. The highest BCUT2D eigenvalue weighted by molar-refractivity contribution is 5.78. The van der Waals surface area contributed by atoms with E-state index in [-0.39, 0.29) is 5.91 Å². The maximum Gasteiger partial charge on any atom is 0.234 e. The number of nitrogens with one attached hydrogen (secondary N) is 2. The Bertz CT molecular complexity index is 184. The summed E-state index contributed by atoms with van der Waals surface area (Å²) in [7, 11) is 0. The van der Waals surface area contributed by atoms with Crippen LogP contribution in [0, 0.1) is 0 Å². The fourth-order valence-corrected chi connectivity index (χ4v) is 2.16. The summed E-state index contributed by atoms with van der Waals surface area (Å²) in [5, 5.41) is 6.36. The minimum Gasteiger partial charge on any atom is -0.352 e. The average molecular weight is 212 g/mol. The van der Waals surface area contributed by atoms with Crippen molar-refractivity contribution >= 4 is 5.91 Å². The quantitative estimate of drug-likeness (QED) is 0.705. The molecule has 1 aliphatic rings. The van der Waals surface area contributed by atoms with Gasteiger partial charge < -0.3 is 10.6 Å². The Labute approximate surface area is 93.0 Å². The summed E-state index contributed by atoms with van der Waals surface area (Å²) in [6.07, 6.45) is 7.05. The lowest BCUT2D eigenvalue weighted by Crippen LogP contribution is -2.42. The molecule has 15 heavy (non-hydrogen) atoms. The molecule has 0 radical (unpaired) electrons. The summed E-state index contributed by atoms with van der Waals surface area (Å²) in [6, 6.07) is 0.931. The molecule has 0 aromatic rings.